The van der Waals surface area contributed by atoms with Crippen LogP contribution in [0, 0.1) is 0 Å². The highest BCUT2D eigenvalue weighted by Gasteiger charge is 2.10. The van der Waals surface area contributed by atoms with Gasteiger partial charge in [0.1, 0.15) is 0 Å². The molecule has 1 aliphatic heterocycles. The highest BCUT2D eigenvalue weighted by atomic mass is 15.1. The van der Waals surface area contributed by atoms with Crippen molar-refractivity contribution in [2.75, 3.05) is 6.54 Å². The summed E-state index contributed by atoms with van der Waals surface area (Å²) in [6.45, 7) is 12.6. The summed E-state index contributed by atoms with van der Waals surface area (Å²) in [5.74, 6) is 0. The Hall–Kier alpha value is -1.24. The van der Waals surface area contributed by atoms with Crippen LogP contribution in [0.2, 0.25) is 0 Å². The number of rotatable bonds is 3. The van der Waals surface area contributed by atoms with Gasteiger partial charge in [-0.15, -0.1) is 6.58 Å². The minimum Gasteiger partial charge on any atom is -0.346 e. The van der Waals surface area contributed by atoms with E-state index in [9.17, 15) is 0 Å². The number of nitrogens with zero attached hydrogens (tertiary/aromatic N) is 1. The zero-order chi connectivity index (χ0) is 8.97. The molecule has 64 valence electrons. The van der Waals surface area contributed by atoms with E-state index in [0.717, 1.165) is 30.8 Å². The van der Waals surface area contributed by atoms with Crippen LogP contribution in [0.1, 0.15) is 12.8 Å². The quantitative estimate of drug-likeness (QED) is 0.575. The average molecular weight is 161 g/mol. The van der Waals surface area contributed by atoms with Gasteiger partial charge in [0.2, 0.25) is 0 Å². The summed E-state index contributed by atoms with van der Waals surface area (Å²) >= 11 is 0. The van der Waals surface area contributed by atoms with E-state index in [1.807, 2.05) is 12.2 Å². The maximum Gasteiger partial charge on any atom is 0.0332 e. The third kappa shape index (κ3) is 1.88. The molecule has 0 atom stereocenters. The van der Waals surface area contributed by atoms with Crippen LogP contribution in [0.3, 0.4) is 0 Å². The van der Waals surface area contributed by atoms with Gasteiger partial charge in [-0.1, -0.05) is 25.3 Å². The van der Waals surface area contributed by atoms with Gasteiger partial charge in [0.05, 0.1) is 0 Å². The second-order valence-electron chi connectivity index (χ2n) is 2.89. The van der Waals surface area contributed by atoms with E-state index in [4.69, 9.17) is 0 Å². The van der Waals surface area contributed by atoms with E-state index < -0.39 is 0 Å². The molecule has 1 heteroatoms. The van der Waals surface area contributed by atoms with Crippen molar-refractivity contribution in [3.8, 4) is 0 Å². The first-order valence-corrected chi connectivity index (χ1v) is 4.17. The molecular formula is C11H15N. The van der Waals surface area contributed by atoms with Crippen molar-refractivity contribution < 1.29 is 0 Å². The molecule has 0 aromatic heterocycles. The topological polar surface area (TPSA) is 3.24 Å². The molecule has 1 nitrogen and oxygen atoms in total. The van der Waals surface area contributed by atoms with Crippen molar-refractivity contribution in [2.24, 2.45) is 0 Å². The second kappa shape index (κ2) is 3.96. The monoisotopic (exact) mass is 161 g/mol. The van der Waals surface area contributed by atoms with Crippen molar-refractivity contribution in [1.29, 1.82) is 0 Å². The second-order valence-corrected chi connectivity index (χ2v) is 2.89. The molecule has 0 saturated carbocycles. The molecule has 12 heavy (non-hydrogen) atoms. The van der Waals surface area contributed by atoms with Crippen molar-refractivity contribution in [3.05, 3.63) is 49.4 Å². The van der Waals surface area contributed by atoms with Gasteiger partial charge in [0, 0.05) is 24.4 Å². The van der Waals surface area contributed by atoms with Gasteiger partial charge < -0.3 is 4.90 Å². The fourth-order valence-corrected chi connectivity index (χ4v) is 1.26. The average Bonchev–Trinajstić information content (AvgIpc) is 2.04. The van der Waals surface area contributed by atoms with Gasteiger partial charge in [-0.25, -0.2) is 0 Å². The van der Waals surface area contributed by atoms with Gasteiger partial charge in [-0.2, -0.15) is 0 Å². The molecule has 0 unspecified atom stereocenters. The normalized spacial score (nSPS) is 16.8. The molecule has 0 aliphatic carbocycles. The van der Waals surface area contributed by atoms with Crippen LogP contribution < -0.4 is 0 Å². The molecule has 0 amide bonds. The number of allylic oxidation sites excluding steroid dienone is 2. The van der Waals surface area contributed by atoms with Gasteiger partial charge in [-0.3, -0.25) is 0 Å². The summed E-state index contributed by atoms with van der Waals surface area (Å²) in [4.78, 5) is 2.14. The minimum absolute atomic E-state index is 0.941. The molecule has 0 fully saturated rings. The lowest BCUT2D eigenvalue weighted by molar-refractivity contribution is 0.434. The summed E-state index contributed by atoms with van der Waals surface area (Å²) in [6.07, 6.45) is 7.97. The summed E-state index contributed by atoms with van der Waals surface area (Å²) in [5.41, 5.74) is 2.16. The molecule has 0 aromatic carbocycles. The van der Waals surface area contributed by atoms with Gasteiger partial charge in [-0.05, 0) is 12.5 Å². The molecule has 0 spiro atoms. The van der Waals surface area contributed by atoms with Crippen LogP contribution in [-0.2, 0) is 0 Å². The lowest BCUT2D eigenvalue weighted by atomic mass is 10.1. The van der Waals surface area contributed by atoms with Crippen LogP contribution in [0.4, 0.5) is 0 Å². The van der Waals surface area contributed by atoms with Crippen molar-refractivity contribution >= 4 is 0 Å². The van der Waals surface area contributed by atoms with Crippen LogP contribution in [-0.4, -0.2) is 11.4 Å². The van der Waals surface area contributed by atoms with Crippen LogP contribution >= 0.6 is 0 Å². The molecule has 0 aromatic rings. The molecule has 0 saturated heterocycles. The summed E-state index contributed by atoms with van der Waals surface area (Å²) in [7, 11) is 0. The van der Waals surface area contributed by atoms with E-state index in [1.54, 1.807) is 0 Å². The molecule has 1 rings (SSSR count). The number of hydrogen-bond acceptors (Lipinski definition) is 1. The Balaban J connectivity index is 2.60. The van der Waals surface area contributed by atoms with Crippen LogP contribution in [0.5, 0.6) is 0 Å². The summed E-state index contributed by atoms with van der Waals surface area (Å²) in [6, 6.07) is 0. The first-order valence-electron chi connectivity index (χ1n) is 4.17. The van der Waals surface area contributed by atoms with Gasteiger partial charge in [0.25, 0.3) is 0 Å². The molecule has 0 bridgehead atoms. The summed E-state index contributed by atoms with van der Waals surface area (Å²) < 4.78 is 0. The Morgan fingerprint density at radius 1 is 1.50 bits per heavy atom. The first kappa shape index (κ1) is 8.85. The molecule has 1 aliphatic rings. The maximum absolute atomic E-state index is 3.98. The highest BCUT2D eigenvalue weighted by Crippen LogP contribution is 2.20. The van der Waals surface area contributed by atoms with Gasteiger partial charge >= 0.3 is 0 Å². The zero-order valence-electron chi connectivity index (χ0n) is 7.42. The van der Waals surface area contributed by atoms with Crippen molar-refractivity contribution in [1.82, 2.24) is 4.90 Å². The molecule has 0 radical (unpaired) electrons. The van der Waals surface area contributed by atoms with Crippen LogP contribution in [0.25, 0.3) is 0 Å². The number of hydrogen-bond donors (Lipinski definition) is 0. The SMILES string of the molecule is C=CCCN1C(=C)C=CCC1=C. The maximum atomic E-state index is 3.98. The smallest absolute Gasteiger partial charge is 0.0332 e. The Morgan fingerprint density at radius 3 is 2.83 bits per heavy atom. The lowest BCUT2D eigenvalue weighted by Crippen LogP contribution is -2.23. The Bertz CT molecular complexity index is 235. The highest BCUT2D eigenvalue weighted by molar-refractivity contribution is 5.25. The Kier molecular flexibility index (Phi) is 2.92. The fraction of sp³-hybridized carbons (Fsp3) is 0.273. The van der Waals surface area contributed by atoms with Crippen molar-refractivity contribution in [3.63, 3.8) is 0 Å². The zero-order valence-corrected chi connectivity index (χ0v) is 7.42. The molecule has 1 heterocycles. The first-order chi connectivity index (χ1) is 5.75. The molecular weight excluding hydrogens is 146 g/mol. The van der Waals surface area contributed by atoms with E-state index in [-0.39, 0.29) is 0 Å². The van der Waals surface area contributed by atoms with E-state index in [0.29, 0.717) is 0 Å². The Labute approximate surface area is 74.4 Å². The standard InChI is InChI=1S/C11H15N/c1-4-5-9-12-10(2)7-6-8-11(12)3/h4,6-7H,1-3,5,8-9H2. The largest absolute Gasteiger partial charge is 0.346 e. The predicted octanol–water partition coefficient (Wildman–Crippen LogP) is 2.85. The Morgan fingerprint density at radius 2 is 2.25 bits per heavy atom. The van der Waals surface area contributed by atoms with E-state index >= 15 is 0 Å². The third-order valence-electron chi connectivity index (χ3n) is 1.95. The lowest BCUT2D eigenvalue weighted by Gasteiger charge is -2.29. The third-order valence-corrected chi connectivity index (χ3v) is 1.95. The van der Waals surface area contributed by atoms with Gasteiger partial charge in [0.15, 0.2) is 0 Å². The minimum atomic E-state index is 0.941. The van der Waals surface area contributed by atoms with E-state index in [1.165, 1.54) is 0 Å². The van der Waals surface area contributed by atoms with Crippen molar-refractivity contribution in [2.45, 2.75) is 12.8 Å². The molecule has 0 N–H and O–H groups in total. The van der Waals surface area contributed by atoms with E-state index in [2.05, 4.69) is 30.7 Å². The van der Waals surface area contributed by atoms with Crippen LogP contribution in [0.15, 0.2) is 49.4 Å². The predicted molar refractivity (Wildman–Crippen MR) is 53.6 cm³/mol. The summed E-state index contributed by atoms with van der Waals surface area (Å²) in [5, 5.41) is 0. The fourth-order valence-electron chi connectivity index (χ4n) is 1.26.